The average Bonchev–Trinajstić information content (AvgIpc) is 2.39. The molecular formula is C14H30N2O2S. The predicted octanol–water partition coefficient (Wildman–Crippen LogP) is 1.66. The predicted molar refractivity (Wildman–Crippen MR) is 81.3 cm³/mol. The third kappa shape index (κ3) is 5.79. The van der Waals surface area contributed by atoms with E-state index in [1.807, 2.05) is 0 Å². The molecule has 0 radical (unpaired) electrons. The van der Waals surface area contributed by atoms with Gasteiger partial charge in [0, 0.05) is 37.5 Å². The molecule has 0 aromatic rings. The molecule has 0 saturated carbocycles. The highest BCUT2D eigenvalue weighted by atomic mass is 32.2. The van der Waals surface area contributed by atoms with Crippen LogP contribution in [0.3, 0.4) is 0 Å². The Morgan fingerprint density at radius 3 is 2.42 bits per heavy atom. The molecule has 0 bridgehead atoms. The van der Waals surface area contributed by atoms with Crippen LogP contribution in [0.1, 0.15) is 46.5 Å². The Labute approximate surface area is 118 Å². The minimum absolute atomic E-state index is 0.260. The Bertz CT molecular complexity index is 343. The van der Waals surface area contributed by atoms with Crippen molar-refractivity contribution >= 4 is 9.84 Å². The molecule has 1 N–H and O–H groups in total. The van der Waals surface area contributed by atoms with Gasteiger partial charge in [-0.05, 0) is 12.8 Å². The molecule has 0 aromatic carbocycles. The normalized spacial score (nSPS) is 25.6. The molecule has 2 unspecified atom stereocenters. The van der Waals surface area contributed by atoms with Gasteiger partial charge in [-0.1, -0.05) is 33.6 Å². The van der Waals surface area contributed by atoms with Gasteiger partial charge in [-0.25, -0.2) is 8.42 Å². The Hall–Kier alpha value is -0.130. The van der Waals surface area contributed by atoms with Crippen LogP contribution in [0.2, 0.25) is 0 Å². The number of nitrogens with zero attached hydrogens (tertiary/aromatic N) is 1. The zero-order chi connectivity index (χ0) is 14.3. The average molecular weight is 290 g/mol. The van der Waals surface area contributed by atoms with Crippen molar-refractivity contribution in [3.05, 3.63) is 0 Å². The van der Waals surface area contributed by atoms with Gasteiger partial charge in [-0.15, -0.1) is 0 Å². The number of sulfone groups is 1. The van der Waals surface area contributed by atoms with Crippen molar-refractivity contribution in [3.63, 3.8) is 0 Å². The summed E-state index contributed by atoms with van der Waals surface area (Å²) in [6.45, 7) is 8.83. The summed E-state index contributed by atoms with van der Waals surface area (Å²) < 4.78 is 23.3. The van der Waals surface area contributed by atoms with Gasteiger partial charge in [-0.3, -0.25) is 4.90 Å². The molecule has 1 aliphatic rings. The van der Waals surface area contributed by atoms with Gasteiger partial charge in [-0.2, -0.15) is 0 Å². The highest BCUT2D eigenvalue weighted by Gasteiger charge is 2.27. The van der Waals surface area contributed by atoms with E-state index in [1.165, 1.54) is 12.8 Å². The summed E-state index contributed by atoms with van der Waals surface area (Å²) in [6.07, 6.45) is 4.66. The molecule has 0 amide bonds. The largest absolute Gasteiger partial charge is 0.311 e. The second kappa shape index (κ2) is 8.22. The summed E-state index contributed by atoms with van der Waals surface area (Å²) in [5.41, 5.74) is 0. The van der Waals surface area contributed by atoms with Gasteiger partial charge in [0.05, 0.1) is 5.75 Å². The van der Waals surface area contributed by atoms with Crippen LogP contribution >= 0.6 is 0 Å². The van der Waals surface area contributed by atoms with E-state index >= 15 is 0 Å². The van der Waals surface area contributed by atoms with E-state index in [-0.39, 0.29) is 5.75 Å². The molecule has 114 valence electrons. The first-order valence-corrected chi connectivity index (χ1v) is 9.52. The van der Waals surface area contributed by atoms with Crippen LogP contribution in [0.4, 0.5) is 0 Å². The molecule has 19 heavy (non-hydrogen) atoms. The van der Waals surface area contributed by atoms with Crippen molar-refractivity contribution in [1.29, 1.82) is 0 Å². The first kappa shape index (κ1) is 16.9. The van der Waals surface area contributed by atoms with Gasteiger partial charge in [0.2, 0.25) is 0 Å². The van der Waals surface area contributed by atoms with Crippen LogP contribution in [0.25, 0.3) is 0 Å². The van der Waals surface area contributed by atoms with Crippen molar-refractivity contribution < 1.29 is 8.42 Å². The smallest absolute Gasteiger partial charge is 0.151 e. The van der Waals surface area contributed by atoms with Crippen molar-refractivity contribution in [3.8, 4) is 0 Å². The molecule has 1 saturated heterocycles. The molecule has 1 rings (SSSR count). The van der Waals surface area contributed by atoms with Gasteiger partial charge >= 0.3 is 0 Å². The van der Waals surface area contributed by atoms with Crippen LogP contribution in [-0.2, 0) is 9.84 Å². The highest BCUT2D eigenvalue weighted by molar-refractivity contribution is 7.91. The van der Waals surface area contributed by atoms with E-state index in [4.69, 9.17) is 0 Å². The topological polar surface area (TPSA) is 49.4 Å². The number of nitrogens with one attached hydrogen (secondary N) is 1. The highest BCUT2D eigenvalue weighted by Crippen LogP contribution is 2.14. The van der Waals surface area contributed by atoms with E-state index in [0.717, 1.165) is 25.9 Å². The monoisotopic (exact) mass is 290 g/mol. The van der Waals surface area contributed by atoms with Crippen LogP contribution in [0.5, 0.6) is 0 Å². The zero-order valence-electron chi connectivity index (χ0n) is 12.7. The lowest BCUT2D eigenvalue weighted by Gasteiger charge is -2.40. The fourth-order valence-electron chi connectivity index (χ4n) is 2.76. The van der Waals surface area contributed by atoms with Gasteiger partial charge in [0.25, 0.3) is 0 Å². The summed E-state index contributed by atoms with van der Waals surface area (Å²) >= 11 is 0. The summed E-state index contributed by atoms with van der Waals surface area (Å²) in [4.78, 5) is 2.40. The van der Waals surface area contributed by atoms with Crippen molar-refractivity contribution in [2.45, 2.75) is 58.5 Å². The van der Waals surface area contributed by atoms with Gasteiger partial charge < -0.3 is 5.32 Å². The summed E-state index contributed by atoms with van der Waals surface area (Å²) in [5, 5.41) is 3.60. The maximum atomic E-state index is 11.7. The quantitative estimate of drug-likeness (QED) is 0.739. The third-order valence-corrected chi connectivity index (χ3v) is 5.69. The second-order valence-electron chi connectivity index (χ2n) is 5.57. The van der Waals surface area contributed by atoms with Crippen molar-refractivity contribution in [2.24, 2.45) is 0 Å². The first-order chi connectivity index (χ1) is 9.02. The molecule has 0 aliphatic carbocycles. The molecule has 1 heterocycles. The number of rotatable bonds is 8. The summed E-state index contributed by atoms with van der Waals surface area (Å²) in [7, 11) is -2.85. The van der Waals surface area contributed by atoms with E-state index in [0.29, 0.717) is 24.4 Å². The third-order valence-electron chi connectivity index (χ3n) is 4.00. The summed E-state index contributed by atoms with van der Waals surface area (Å²) in [6, 6.07) is 1.03. The second-order valence-corrected chi connectivity index (χ2v) is 8.04. The minimum Gasteiger partial charge on any atom is -0.311 e. The van der Waals surface area contributed by atoms with Crippen LogP contribution in [0, 0.1) is 0 Å². The molecule has 0 aromatic heterocycles. The molecule has 4 nitrogen and oxygen atoms in total. The molecule has 0 spiro atoms. The zero-order valence-corrected chi connectivity index (χ0v) is 13.5. The molecule has 1 aliphatic heterocycles. The molecule has 5 heteroatoms. The molecule has 2 atom stereocenters. The van der Waals surface area contributed by atoms with Crippen LogP contribution in [0.15, 0.2) is 0 Å². The number of piperazine rings is 1. The number of hydrogen-bond donors (Lipinski definition) is 1. The fraction of sp³-hybridized carbons (Fsp3) is 1.00. The Kier molecular flexibility index (Phi) is 7.32. The van der Waals surface area contributed by atoms with E-state index < -0.39 is 9.84 Å². The van der Waals surface area contributed by atoms with E-state index in [2.05, 4.69) is 24.1 Å². The lowest BCUT2D eigenvalue weighted by Crippen LogP contribution is -2.57. The first-order valence-electron chi connectivity index (χ1n) is 7.70. The standard InChI is InChI=1S/C14H30N2O2S/c1-4-7-13-12-16(9-10-19(17,18)6-3)14(8-5-2)11-15-13/h13-15H,4-12H2,1-3H3. The van der Waals surface area contributed by atoms with E-state index in [9.17, 15) is 8.42 Å². The van der Waals surface area contributed by atoms with Crippen molar-refractivity contribution in [2.75, 3.05) is 31.1 Å². The maximum Gasteiger partial charge on any atom is 0.151 e. The van der Waals surface area contributed by atoms with Crippen LogP contribution in [-0.4, -0.2) is 56.5 Å². The van der Waals surface area contributed by atoms with Crippen molar-refractivity contribution in [1.82, 2.24) is 10.2 Å². The van der Waals surface area contributed by atoms with Gasteiger partial charge in [0.15, 0.2) is 9.84 Å². The SMILES string of the molecule is CCCC1CN(CCS(=O)(=O)CC)C(CCC)CN1. The number of hydrogen-bond acceptors (Lipinski definition) is 4. The fourth-order valence-corrected chi connectivity index (χ4v) is 3.56. The van der Waals surface area contributed by atoms with E-state index in [1.54, 1.807) is 6.92 Å². The minimum atomic E-state index is -2.85. The lowest BCUT2D eigenvalue weighted by atomic mass is 10.0. The Morgan fingerprint density at radius 1 is 1.16 bits per heavy atom. The van der Waals surface area contributed by atoms with Gasteiger partial charge in [0.1, 0.15) is 0 Å². The summed E-state index contributed by atoms with van der Waals surface area (Å²) in [5.74, 6) is 0.568. The molecule has 1 fully saturated rings. The molecular weight excluding hydrogens is 260 g/mol. The maximum absolute atomic E-state index is 11.7. The van der Waals surface area contributed by atoms with Crippen LogP contribution < -0.4 is 5.32 Å². The Morgan fingerprint density at radius 2 is 1.84 bits per heavy atom. The Balaban J connectivity index is 2.56. The lowest BCUT2D eigenvalue weighted by molar-refractivity contribution is 0.126.